The summed E-state index contributed by atoms with van der Waals surface area (Å²) < 4.78 is 134. The Hall–Kier alpha value is -6.87. The molecule has 0 aliphatic carbocycles. The highest BCUT2D eigenvalue weighted by Gasteiger charge is 2.22. The van der Waals surface area contributed by atoms with E-state index in [0.717, 1.165) is 48.5 Å². The molecule has 0 saturated heterocycles. The number of aromatic carboxylic acids is 1. The number of H-pyrrole nitrogens is 4. The molecule has 0 spiro atoms. The summed E-state index contributed by atoms with van der Waals surface area (Å²) >= 11 is 12.4. The van der Waals surface area contributed by atoms with Gasteiger partial charge in [-0.25, -0.2) is 24.8 Å². The molecule has 338 valence electrons. The van der Waals surface area contributed by atoms with Crippen LogP contribution in [0.5, 0.6) is 11.5 Å². The third-order valence-corrected chi connectivity index (χ3v) is 12.2. The van der Waals surface area contributed by atoms with E-state index >= 15 is 0 Å². The zero-order chi connectivity index (χ0) is 47.6. The zero-order valence-electron chi connectivity index (χ0n) is 31.2. The van der Waals surface area contributed by atoms with Crippen LogP contribution in [0.15, 0.2) is 106 Å². The molecule has 65 heavy (non-hydrogen) atoms. The quantitative estimate of drug-likeness (QED) is 0.0925. The Morgan fingerprint density at radius 1 is 0.492 bits per heavy atom. The summed E-state index contributed by atoms with van der Waals surface area (Å²) in [7, 11) is -19.8. The van der Waals surface area contributed by atoms with Gasteiger partial charge in [-0.1, -0.05) is 0 Å². The van der Waals surface area contributed by atoms with Crippen molar-refractivity contribution in [1.29, 1.82) is 0 Å². The lowest BCUT2D eigenvalue weighted by Gasteiger charge is -2.09. The van der Waals surface area contributed by atoms with Crippen LogP contribution in [-0.2, 0) is 40.5 Å². The van der Waals surface area contributed by atoms with Gasteiger partial charge in [-0.3, -0.25) is 28.2 Å². The van der Waals surface area contributed by atoms with Gasteiger partial charge in [0.1, 0.15) is 11.5 Å². The first-order chi connectivity index (χ1) is 30.1. The van der Waals surface area contributed by atoms with E-state index in [-0.39, 0.29) is 55.4 Å². The van der Waals surface area contributed by atoms with Crippen LogP contribution < -0.4 is 22.5 Å². The number of halogens is 2. The summed E-state index contributed by atoms with van der Waals surface area (Å²) in [5, 5.41) is 29.4. The molecule has 0 amide bonds. The molecule has 26 nitrogen and oxygen atoms in total. The van der Waals surface area contributed by atoms with Crippen LogP contribution in [0.2, 0.25) is 10.6 Å². The van der Waals surface area contributed by atoms with Gasteiger partial charge in [-0.05, 0) is 88.6 Å². The Labute approximate surface area is 370 Å². The molecule has 0 aliphatic heterocycles. The smallest absolute Gasteiger partial charge is 0.335 e. The normalized spacial score (nSPS) is 13.9. The molecule has 0 bridgehead atoms. The molecule has 11 N–H and O–H groups in total. The van der Waals surface area contributed by atoms with Gasteiger partial charge in [0.2, 0.25) is 33.0 Å². The number of hydrogen-bond acceptors (Lipinski definition) is 17. The van der Waals surface area contributed by atoms with Gasteiger partial charge in [0.05, 0.1) is 47.9 Å². The average molecular weight is 1010 g/mol. The number of phenols is 2. The number of nitrogens with one attached hydrogen (secondary N) is 4. The van der Waals surface area contributed by atoms with Crippen molar-refractivity contribution in [2.75, 3.05) is 0 Å². The van der Waals surface area contributed by atoms with Crippen molar-refractivity contribution >= 4 is 114 Å². The van der Waals surface area contributed by atoms with Gasteiger partial charge in [-0.15, -0.1) is 0 Å². The Morgan fingerprint density at radius 3 is 1.15 bits per heavy atom. The number of aromatic nitrogens is 6. The van der Waals surface area contributed by atoms with E-state index in [1.807, 2.05) is 0 Å². The molecule has 7 aromatic rings. The van der Waals surface area contributed by atoms with Crippen molar-refractivity contribution in [3.8, 4) is 11.5 Å². The number of carboxylic acids is 1. The second-order valence-electron chi connectivity index (χ2n) is 13.0. The van der Waals surface area contributed by atoms with Gasteiger partial charge in [0.15, 0.2) is 0 Å². The van der Waals surface area contributed by atoms with Crippen LogP contribution in [0.25, 0.3) is 21.5 Å². The van der Waals surface area contributed by atoms with Gasteiger partial charge in [0.25, 0.3) is 40.5 Å². The van der Waals surface area contributed by atoms with Crippen molar-refractivity contribution in [1.82, 2.24) is 29.9 Å². The Kier molecular flexibility index (Phi) is 11.8. The molecule has 32 heteroatoms. The fraction of sp³-hybridized carbons (Fsp3) is 0. The third kappa shape index (κ3) is 10.4. The summed E-state index contributed by atoms with van der Waals surface area (Å²) in [5.74, 6) is -3.05. The fourth-order valence-corrected chi connectivity index (χ4v) is 8.41. The number of aromatic hydroxyl groups is 2. The number of rotatable bonds is 9. The molecule has 0 atom stereocenters. The minimum absolute atomic E-state index is 0.165. The predicted octanol–water partition coefficient (Wildman–Crippen LogP) is 2.43. The van der Waals surface area contributed by atoms with E-state index in [2.05, 4.69) is 49.9 Å². The third-order valence-electron chi connectivity index (χ3n) is 8.50. The lowest BCUT2D eigenvalue weighted by atomic mass is 10.1. The molecule has 0 fully saturated rings. The first kappa shape index (κ1) is 46.1. The number of benzene rings is 5. The summed E-state index contributed by atoms with van der Waals surface area (Å²) in [4.78, 5) is 43.9. The number of hydrogen-bond donors (Lipinski definition) is 11. The van der Waals surface area contributed by atoms with E-state index in [1.54, 1.807) is 0 Å². The molecule has 0 aliphatic rings. The Bertz CT molecular complexity index is 3740. The number of nitrogens with zero attached hydrogens (tertiary/aromatic N) is 6. The zero-order valence-corrected chi connectivity index (χ0v) is 36.0. The number of fused-ring (bicyclic) bond motifs is 2. The molecular weight excluding hydrogens is 992 g/mol. The monoisotopic (exact) mass is 1010 g/mol. The molecular formula is C33H22Cl2N10O16S4. The largest absolute Gasteiger partial charge is 0.507 e. The van der Waals surface area contributed by atoms with Gasteiger partial charge in [0, 0.05) is 22.9 Å². The lowest BCUT2D eigenvalue weighted by Crippen LogP contribution is -2.27. The van der Waals surface area contributed by atoms with Crippen LogP contribution in [0.4, 0.5) is 22.7 Å². The minimum Gasteiger partial charge on any atom is -0.507 e. The first-order valence-electron chi connectivity index (χ1n) is 16.9. The Morgan fingerprint density at radius 2 is 0.831 bits per heavy atom. The number of carbonyl (C=O) groups is 1. The summed E-state index contributed by atoms with van der Waals surface area (Å²) in [6.07, 6.45) is 0. The van der Waals surface area contributed by atoms with Crippen molar-refractivity contribution in [2.24, 2.45) is 20.0 Å². The number of carboxylic acid groups (broad SMARTS) is 1. The predicted molar refractivity (Wildman–Crippen MR) is 221 cm³/mol. The average Bonchev–Trinajstić information content (AvgIpc) is 3.15. The first-order valence-corrected chi connectivity index (χ1v) is 23.4. The van der Waals surface area contributed by atoms with E-state index < -0.39 is 105 Å². The lowest BCUT2D eigenvalue weighted by molar-refractivity contribution is 0.0696. The van der Waals surface area contributed by atoms with Gasteiger partial charge < -0.3 is 25.3 Å². The topological polar surface area (TPSA) is 434 Å². The number of aromatic amines is 4. The maximum atomic E-state index is 12.2. The number of phenolic OH excluding ortho intramolecular Hbond substituents is 2. The van der Waals surface area contributed by atoms with Crippen LogP contribution in [-0.4, -0.2) is 103 Å². The maximum absolute atomic E-state index is 12.2. The molecule has 0 unspecified atom stereocenters. The van der Waals surface area contributed by atoms with Gasteiger partial charge >= 0.3 is 5.97 Å². The van der Waals surface area contributed by atoms with Crippen LogP contribution >= 0.6 is 23.2 Å². The van der Waals surface area contributed by atoms with Gasteiger partial charge in [-0.2, -0.15) is 43.6 Å². The van der Waals surface area contributed by atoms with E-state index in [0.29, 0.717) is 12.1 Å². The van der Waals surface area contributed by atoms with E-state index in [1.165, 1.54) is 6.07 Å². The summed E-state index contributed by atoms with van der Waals surface area (Å²) in [6, 6.07) is 9.51. The molecule has 2 heterocycles. The van der Waals surface area contributed by atoms with Crippen LogP contribution in [0.1, 0.15) is 10.4 Å². The van der Waals surface area contributed by atoms with Crippen LogP contribution in [0.3, 0.4) is 0 Å². The van der Waals surface area contributed by atoms with E-state index in [9.17, 15) is 72.0 Å². The fourth-order valence-electron chi connectivity index (χ4n) is 5.92. The summed E-state index contributed by atoms with van der Waals surface area (Å²) in [6.45, 7) is 0. The second kappa shape index (κ2) is 16.6. The molecule has 0 radical (unpaired) electrons. The molecule has 7 rings (SSSR count). The van der Waals surface area contributed by atoms with Crippen molar-refractivity contribution in [3.05, 3.63) is 105 Å². The SMILES string of the molecule is O=C(O)c1cc(N=c2nc(Cl)[nH]c(=Nc3cc(S(=O)(=O)O)cc4cc(S(=O)(=O)O)cc(O)c34)[nH]2)cc(N=c2nc(Cl)[nH]c(=Nc3cc(S(=O)(=O)O)cc4cc(S(=O)(=O)O)cc(O)c34)[nH]2)c1. The van der Waals surface area contributed by atoms with Crippen molar-refractivity contribution in [2.45, 2.75) is 19.6 Å². The van der Waals surface area contributed by atoms with E-state index in [4.69, 9.17) is 23.2 Å². The summed E-state index contributed by atoms with van der Waals surface area (Å²) in [5.41, 5.74) is -3.02. The van der Waals surface area contributed by atoms with Crippen LogP contribution in [0, 0.1) is 0 Å². The maximum Gasteiger partial charge on any atom is 0.335 e. The minimum atomic E-state index is -4.98. The van der Waals surface area contributed by atoms with Crippen molar-refractivity contribution in [3.63, 3.8) is 0 Å². The standard InChI is InChI=1S/C33H22Cl2N10O16S4/c34-28-40-30(44-32(42-28)38-21-8-17(62(50,51)52)3-12-5-19(64(56,57)58)10-23(46)25(12)21)36-15-1-14(27(48)49)2-16(7-15)37-31-41-29(35)43-33(45-31)39-22-9-18(63(53,54)55)4-13-6-20(65(59,60)61)11-24(47)26(13)22/h1-11,46-47H,(H,48,49)(H,50,51,52)(H,53,54,55)(H,56,57,58)(H,59,60,61)(H2,36,38,40,42,44)(H2,37,39,41,43,45). The highest BCUT2D eigenvalue weighted by atomic mass is 35.5. The highest BCUT2D eigenvalue weighted by Crippen LogP contribution is 2.39. The Balaban J connectivity index is 1.38. The molecule has 0 saturated carbocycles. The second-order valence-corrected chi connectivity index (χ2v) is 19.4. The molecule has 2 aromatic heterocycles. The van der Waals surface area contributed by atoms with Crippen molar-refractivity contribution < 1.29 is 72.0 Å². The highest BCUT2D eigenvalue weighted by molar-refractivity contribution is 7.86. The molecule has 5 aromatic carbocycles.